The van der Waals surface area contributed by atoms with Gasteiger partial charge < -0.3 is 11.1 Å². The van der Waals surface area contributed by atoms with Crippen LogP contribution in [-0.4, -0.2) is 16.9 Å². The third-order valence-electron chi connectivity index (χ3n) is 3.25. The van der Waals surface area contributed by atoms with Gasteiger partial charge in [-0.3, -0.25) is 9.78 Å². The number of pyridine rings is 1. The number of hydrogen-bond acceptors (Lipinski definition) is 3. The average molecular weight is 233 g/mol. The van der Waals surface area contributed by atoms with Gasteiger partial charge in [-0.25, -0.2) is 0 Å². The van der Waals surface area contributed by atoms with Gasteiger partial charge in [-0.15, -0.1) is 0 Å². The fraction of sp³-hybridized carbons (Fsp3) is 0.538. The Hall–Kier alpha value is -1.58. The van der Waals surface area contributed by atoms with E-state index < -0.39 is 0 Å². The molecule has 4 heteroatoms. The molecule has 0 saturated heterocycles. The molecular formula is C13H19N3O. The highest BCUT2D eigenvalue weighted by atomic mass is 16.1. The molecule has 17 heavy (non-hydrogen) atoms. The van der Waals surface area contributed by atoms with E-state index in [0.29, 0.717) is 23.2 Å². The highest BCUT2D eigenvalue weighted by Gasteiger charge is 2.37. The molecule has 1 amide bonds. The van der Waals surface area contributed by atoms with Crippen molar-refractivity contribution in [2.45, 2.75) is 39.2 Å². The van der Waals surface area contributed by atoms with E-state index in [2.05, 4.69) is 17.2 Å². The zero-order valence-corrected chi connectivity index (χ0v) is 10.4. The van der Waals surface area contributed by atoms with E-state index in [1.54, 1.807) is 12.3 Å². The predicted molar refractivity (Wildman–Crippen MR) is 67.7 cm³/mol. The molecule has 4 nitrogen and oxygen atoms in total. The molecule has 1 heterocycles. The van der Waals surface area contributed by atoms with E-state index >= 15 is 0 Å². The summed E-state index contributed by atoms with van der Waals surface area (Å²) in [5.74, 6) is 0.615. The van der Waals surface area contributed by atoms with Gasteiger partial charge in [0.15, 0.2) is 0 Å². The number of rotatable bonds is 4. The Kier molecular flexibility index (Phi) is 3.31. The second kappa shape index (κ2) is 4.73. The van der Waals surface area contributed by atoms with Crippen molar-refractivity contribution in [3.05, 3.63) is 23.5 Å². The van der Waals surface area contributed by atoms with Crippen LogP contribution in [0.25, 0.3) is 0 Å². The minimum atomic E-state index is -0.0501. The van der Waals surface area contributed by atoms with Crippen LogP contribution in [0.1, 0.15) is 42.2 Å². The molecule has 0 radical (unpaired) electrons. The van der Waals surface area contributed by atoms with Crippen LogP contribution in [0.5, 0.6) is 0 Å². The molecule has 0 spiro atoms. The Balaban J connectivity index is 1.98. The second-order valence-electron chi connectivity index (χ2n) is 4.77. The first-order valence-electron chi connectivity index (χ1n) is 6.14. The number of nitrogens with two attached hydrogens (primary N) is 1. The highest BCUT2D eigenvalue weighted by Crippen LogP contribution is 2.34. The summed E-state index contributed by atoms with van der Waals surface area (Å²) in [7, 11) is 0. The van der Waals surface area contributed by atoms with Gasteiger partial charge in [-0.1, -0.05) is 13.3 Å². The number of amides is 1. The van der Waals surface area contributed by atoms with Gasteiger partial charge in [0.05, 0.1) is 23.1 Å². The number of anilines is 1. The van der Waals surface area contributed by atoms with Crippen molar-refractivity contribution in [1.82, 2.24) is 10.3 Å². The van der Waals surface area contributed by atoms with E-state index in [-0.39, 0.29) is 5.91 Å². The Morgan fingerprint density at radius 2 is 2.41 bits per heavy atom. The van der Waals surface area contributed by atoms with Crippen molar-refractivity contribution in [3.63, 3.8) is 0 Å². The second-order valence-corrected chi connectivity index (χ2v) is 4.77. The predicted octanol–water partition coefficient (Wildman–Crippen LogP) is 1.89. The fourth-order valence-electron chi connectivity index (χ4n) is 2.14. The molecular weight excluding hydrogens is 214 g/mol. The molecule has 0 bridgehead atoms. The molecule has 2 rings (SSSR count). The third kappa shape index (κ3) is 2.75. The monoisotopic (exact) mass is 233 g/mol. The summed E-state index contributed by atoms with van der Waals surface area (Å²) in [4.78, 5) is 16.1. The molecule has 1 aromatic rings. The molecule has 92 valence electrons. The Morgan fingerprint density at radius 3 is 3.12 bits per heavy atom. The lowest BCUT2D eigenvalue weighted by atomic mass is 10.1. The Bertz CT molecular complexity index is 431. The molecule has 2 unspecified atom stereocenters. The van der Waals surface area contributed by atoms with Crippen molar-refractivity contribution in [1.29, 1.82) is 0 Å². The first-order chi connectivity index (χ1) is 8.11. The number of aryl methyl sites for hydroxylation is 1. The van der Waals surface area contributed by atoms with Gasteiger partial charge in [-0.2, -0.15) is 0 Å². The van der Waals surface area contributed by atoms with E-state index in [9.17, 15) is 4.79 Å². The Labute approximate surface area is 102 Å². The number of hydrogen-bond donors (Lipinski definition) is 2. The number of aromatic nitrogens is 1. The van der Waals surface area contributed by atoms with Gasteiger partial charge in [-0.05, 0) is 31.7 Å². The van der Waals surface area contributed by atoms with Crippen LogP contribution in [0.2, 0.25) is 0 Å². The topological polar surface area (TPSA) is 68.0 Å². The van der Waals surface area contributed by atoms with Crippen LogP contribution in [0.4, 0.5) is 5.69 Å². The SMILES string of the molecule is CCCC1CC1NC(=O)c1cc(N)cnc1C. The molecule has 1 saturated carbocycles. The quantitative estimate of drug-likeness (QED) is 0.834. The smallest absolute Gasteiger partial charge is 0.253 e. The number of carbonyl (C=O) groups is 1. The van der Waals surface area contributed by atoms with E-state index in [1.807, 2.05) is 6.92 Å². The standard InChI is InChI=1S/C13H19N3O/c1-3-4-9-5-12(9)16-13(17)11-6-10(14)7-15-8(11)2/h6-7,9,12H,3-5,14H2,1-2H3,(H,16,17). The summed E-state index contributed by atoms with van der Waals surface area (Å²) in [6.07, 6.45) is 5.05. The lowest BCUT2D eigenvalue weighted by molar-refractivity contribution is 0.0948. The van der Waals surface area contributed by atoms with Gasteiger partial charge in [0, 0.05) is 6.04 Å². The van der Waals surface area contributed by atoms with Crippen LogP contribution < -0.4 is 11.1 Å². The highest BCUT2D eigenvalue weighted by molar-refractivity contribution is 5.96. The summed E-state index contributed by atoms with van der Waals surface area (Å²) < 4.78 is 0. The normalized spacial score (nSPS) is 22.2. The maximum absolute atomic E-state index is 12.0. The van der Waals surface area contributed by atoms with Crippen molar-refractivity contribution < 1.29 is 4.79 Å². The molecule has 0 aromatic carbocycles. The van der Waals surface area contributed by atoms with Gasteiger partial charge in [0.2, 0.25) is 0 Å². The third-order valence-corrected chi connectivity index (χ3v) is 3.25. The van der Waals surface area contributed by atoms with Crippen LogP contribution in [0.3, 0.4) is 0 Å². The lowest BCUT2D eigenvalue weighted by Crippen LogP contribution is -2.27. The van der Waals surface area contributed by atoms with Crippen molar-refractivity contribution >= 4 is 11.6 Å². The summed E-state index contributed by atoms with van der Waals surface area (Å²) in [5, 5.41) is 3.04. The van der Waals surface area contributed by atoms with E-state index in [0.717, 1.165) is 12.1 Å². The summed E-state index contributed by atoms with van der Waals surface area (Å²) in [6.45, 7) is 3.99. The van der Waals surface area contributed by atoms with E-state index in [1.165, 1.54) is 12.8 Å². The minimum absolute atomic E-state index is 0.0501. The maximum atomic E-state index is 12.0. The Morgan fingerprint density at radius 1 is 1.65 bits per heavy atom. The zero-order chi connectivity index (χ0) is 12.4. The average Bonchev–Trinajstić information content (AvgIpc) is 3.00. The van der Waals surface area contributed by atoms with Gasteiger partial charge in [0.25, 0.3) is 5.91 Å². The first kappa shape index (κ1) is 11.9. The molecule has 1 aliphatic carbocycles. The zero-order valence-electron chi connectivity index (χ0n) is 10.4. The first-order valence-corrected chi connectivity index (χ1v) is 6.14. The number of carbonyl (C=O) groups excluding carboxylic acids is 1. The van der Waals surface area contributed by atoms with Crippen LogP contribution >= 0.6 is 0 Å². The van der Waals surface area contributed by atoms with Gasteiger partial charge >= 0.3 is 0 Å². The summed E-state index contributed by atoms with van der Waals surface area (Å²) >= 11 is 0. The van der Waals surface area contributed by atoms with Crippen LogP contribution in [0.15, 0.2) is 12.3 Å². The molecule has 3 N–H and O–H groups in total. The maximum Gasteiger partial charge on any atom is 0.253 e. The summed E-state index contributed by atoms with van der Waals surface area (Å²) in [6, 6.07) is 2.04. The minimum Gasteiger partial charge on any atom is -0.397 e. The van der Waals surface area contributed by atoms with Crippen molar-refractivity contribution in [3.8, 4) is 0 Å². The van der Waals surface area contributed by atoms with Crippen LogP contribution in [0, 0.1) is 12.8 Å². The van der Waals surface area contributed by atoms with Crippen LogP contribution in [-0.2, 0) is 0 Å². The van der Waals surface area contributed by atoms with Crippen molar-refractivity contribution in [2.75, 3.05) is 5.73 Å². The number of nitrogen functional groups attached to an aromatic ring is 1. The van der Waals surface area contributed by atoms with Crippen molar-refractivity contribution in [2.24, 2.45) is 5.92 Å². The molecule has 2 atom stereocenters. The molecule has 1 aliphatic rings. The summed E-state index contributed by atoms with van der Waals surface area (Å²) in [5.41, 5.74) is 7.49. The lowest BCUT2D eigenvalue weighted by Gasteiger charge is -2.07. The largest absolute Gasteiger partial charge is 0.397 e. The molecule has 1 fully saturated rings. The van der Waals surface area contributed by atoms with Gasteiger partial charge in [0.1, 0.15) is 0 Å². The molecule has 1 aromatic heterocycles. The molecule has 0 aliphatic heterocycles. The number of nitrogens with one attached hydrogen (secondary N) is 1. The number of nitrogens with zero attached hydrogens (tertiary/aromatic N) is 1. The van der Waals surface area contributed by atoms with E-state index in [4.69, 9.17) is 5.73 Å². The fourth-order valence-corrected chi connectivity index (χ4v) is 2.14.